The molecular weight excluding hydrogens is 761 g/mol. The predicted molar refractivity (Wildman–Crippen MR) is 252 cm³/mol. The van der Waals surface area contributed by atoms with Crippen molar-refractivity contribution in [3.8, 4) is 33.6 Å². The minimum absolute atomic E-state index is 0.863. The van der Waals surface area contributed by atoms with E-state index in [1.807, 2.05) is 72.8 Å². The SMILES string of the molecule is c1ccc(N(c2ccc(-c3ccc(-c4ccc(N(c5ccccc5)c5cccc(-n6nc7ccccc7n6)c5)cc4)cc3)cc2)c2cccc(-n3nc4ccccc4n3)c2)cc1. The highest BCUT2D eigenvalue weighted by Crippen LogP contribution is 2.38. The van der Waals surface area contributed by atoms with Crippen LogP contribution in [0.4, 0.5) is 34.1 Å². The summed E-state index contributed by atoms with van der Waals surface area (Å²) in [6.07, 6.45) is 0. The van der Waals surface area contributed by atoms with Crippen LogP contribution in [0.25, 0.3) is 55.7 Å². The lowest BCUT2D eigenvalue weighted by Crippen LogP contribution is -2.10. The first-order chi connectivity index (χ1) is 30.7. The third kappa shape index (κ3) is 7.12. The van der Waals surface area contributed by atoms with E-state index in [0.29, 0.717) is 0 Å². The summed E-state index contributed by atoms with van der Waals surface area (Å²) in [5.41, 5.74) is 16.1. The van der Waals surface area contributed by atoms with E-state index >= 15 is 0 Å². The van der Waals surface area contributed by atoms with E-state index in [2.05, 4.69) is 168 Å². The van der Waals surface area contributed by atoms with Crippen LogP contribution in [0.5, 0.6) is 0 Å². The van der Waals surface area contributed by atoms with Gasteiger partial charge in [-0.25, -0.2) is 0 Å². The van der Waals surface area contributed by atoms with Gasteiger partial charge in [0, 0.05) is 34.1 Å². The first-order valence-electron chi connectivity index (χ1n) is 20.6. The molecule has 0 radical (unpaired) electrons. The Kier molecular flexibility index (Phi) is 9.33. The Hall–Kier alpha value is -8.62. The normalized spacial score (nSPS) is 11.2. The van der Waals surface area contributed by atoms with Gasteiger partial charge in [-0.15, -0.1) is 20.4 Å². The molecule has 0 spiro atoms. The Bertz CT molecular complexity index is 3000. The number of hydrogen-bond donors (Lipinski definition) is 0. The van der Waals surface area contributed by atoms with Crippen LogP contribution in [-0.4, -0.2) is 30.0 Å². The number of anilines is 6. The number of fused-ring (bicyclic) bond motifs is 2. The van der Waals surface area contributed by atoms with Crippen molar-refractivity contribution in [1.29, 1.82) is 0 Å². The molecule has 0 N–H and O–H groups in total. The van der Waals surface area contributed by atoms with Gasteiger partial charge in [0.15, 0.2) is 0 Å². The number of hydrogen-bond acceptors (Lipinski definition) is 6. The molecule has 0 unspecified atom stereocenters. The van der Waals surface area contributed by atoms with Gasteiger partial charge in [-0.2, -0.15) is 9.59 Å². The summed E-state index contributed by atoms with van der Waals surface area (Å²) in [6.45, 7) is 0. The van der Waals surface area contributed by atoms with Crippen molar-refractivity contribution in [3.63, 3.8) is 0 Å². The average molecular weight is 799 g/mol. The van der Waals surface area contributed by atoms with Crippen LogP contribution in [-0.2, 0) is 0 Å². The van der Waals surface area contributed by atoms with Crippen molar-refractivity contribution in [1.82, 2.24) is 30.0 Å². The Morgan fingerprint density at radius 3 is 0.855 bits per heavy atom. The quantitative estimate of drug-likeness (QED) is 0.137. The molecule has 11 rings (SSSR count). The summed E-state index contributed by atoms with van der Waals surface area (Å²) in [6, 6.07) is 79.7. The molecule has 9 aromatic carbocycles. The third-order valence-electron chi connectivity index (χ3n) is 11.0. The third-order valence-corrected chi connectivity index (χ3v) is 11.0. The molecule has 8 nitrogen and oxygen atoms in total. The molecule has 0 amide bonds. The van der Waals surface area contributed by atoms with Crippen LogP contribution in [0.2, 0.25) is 0 Å². The van der Waals surface area contributed by atoms with Gasteiger partial charge in [0.2, 0.25) is 0 Å². The molecular formula is C54H38N8. The molecule has 62 heavy (non-hydrogen) atoms. The summed E-state index contributed by atoms with van der Waals surface area (Å²) >= 11 is 0. The molecule has 8 heteroatoms. The summed E-state index contributed by atoms with van der Waals surface area (Å²) in [4.78, 5) is 7.94. The van der Waals surface area contributed by atoms with Gasteiger partial charge in [-0.1, -0.05) is 121 Å². The molecule has 2 heterocycles. The lowest BCUT2D eigenvalue weighted by atomic mass is 9.99. The van der Waals surface area contributed by atoms with Crippen molar-refractivity contribution in [2.24, 2.45) is 0 Å². The molecule has 0 bridgehead atoms. The van der Waals surface area contributed by atoms with Gasteiger partial charge in [-0.3, -0.25) is 0 Å². The monoisotopic (exact) mass is 798 g/mol. The summed E-state index contributed by atoms with van der Waals surface area (Å²) in [5.74, 6) is 0. The predicted octanol–water partition coefficient (Wildman–Crippen LogP) is 13.4. The smallest absolute Gasteiger partial charge is 0.113 e. The minimum Gasteiger partial charge on any atom is -0.310 e. The first-order valence-corrected chi connectivity index (χ1v) is 20.6. The van der Waals surface area contributed by atoms with Crippen LogP contribution in [0, 0.1) is 0 Å². The van der Waals surface area contributed by atoms with E-state index in [-0.39, 0.29) is 0 Å². The van der Waals surface area contributed by atoms with E-state index in [9.17, 15) is 0 Å². The number of benzene rings is 9. The van der Waals surface area contributed by atoms with Crippen molar-refractivity contribution in [3.05, 3.63) is 231 Å². The van der Waals surface area contributed by atoms with Gasteiger partial charge in [0.1, 0.15) is 22.1 Å². The molecule has 0 aliphatic carbocycles. The standard InChI is InChI=1S/C54H38N8/c1-3-13-43(14-4-1)59(47-17-11-19-49(37-47)61-55-51-21-7-8-22-52(51)56-61)45-33-29-41(30-34-45)39-25-27-40(28-26-39)42-31-35-46(36-32-42)60(44-15-5-2-6-16-44)48-18-12-20-50(38-48)62-57-53-23-9-10-24-54(53)58-62/h1-38H. The number of para-hydroxylation sites is 2. The van der Waals surface area contributed by atoms with Gasteiger partial charge in [0.25, 0.3) is 0 Å². The second kappa shape index (κ2) is 15.9. The van der Waals surface area contributed by atoms with Crippen LogP contribution in [0.3, 0.4) is 0 Å². The molecule has 0 saturated heterocycles. The number of nitrogens with zero attached hydrogens (tertiary/aromatic N) is 8. The maximum absolute atomic E-state index is 4.73. The van der Waals surface area contributed by atoms with E-state index in [1.54, 1.807) is 9.59 Å². The van der Waals surface area contributed by atoms with Crippen LogP contribution in [0.1, 0.15) is 0 Å². The molecule has 294 valence electrons. The summed E-state index contributed by atoms with van der Waals surface area (Å²) in [5, 5.41) is 18.9. The van der Waals surface area contributed by atoms with Crippen LogP contribution < -0.4 is 9.80 Å². The summed E-state index contributed by atoms with van der Waals surface area (Å²) in [7, 11) is 0. The Morgan fingerprint density at radius 2 is 0.516 bits per heavy atom. The minimum atomic E-state index is 0.863. The van der Waals surface area contributed by atoms with Gasteiger partial charge >= 0.3 is 0 Å². The highest BCUT2D eigenvalue weighted by atomic mass is 15.5. The highest BCUT2D eigenvalue weighted by Gasteiger charge is 2.17. The second-order valence-electron chi connectivity index (χ2n) is 15.0. The Balaban J connectivity index is 0.852. The summed E-state index contributed by atoms with van der Waals surface area (Å²) < 4.78 is 0. The van der Waals surface area contributed by atoms with Gasteiger partial charge in [0.05, 0.1) is 11.4 Å². The fourth-order valence-corrected chi connectivity index (χ4v) is 7.97. The van der Waals surface area contributed by atoms with E-state index in [4.69, 9.17) is 20.4 Å². The van der Waals surface area contributed by atoms with Gasteiger partial charge < -0.3 is 9.80 Å². The van der Waals surface area contributed by atoms with Crippen molar-refractivity contribution < 1.29 is 0 Å². The van der Waals surface area contributed by atoms with Crippen molar-refractivity contribution in [2.45, 2.75) is 0 Å². The van der Waals surface area contributed by atoms with Crippen LogP contribution in [0.15, 0.2) is 231 Å². The fraction of sp³-hybridized carbons (Fsp3) is 0. The zero-order valence-electron chi connectivity index (χ0n) is 33.5. The zero-order valence-corrected chi connectivity index (χ0v) is 33.5. The topological polar surface area (TPSA) is 67.9 Å². The molecule has 0 aliphatic heterocycles. The molecule has 0 saturated carbocycles. The van der Waals surface area contributed by atoms with Crippen molar-refractivity contribution in [2.75, 3.05) is 9.80 Å². The molecule has 11 aromatic rings. The van der Waals surface area contributed by atoms with E-state index in [0.717, 1.165) is 89.8 Å². The van der Waals surface area contributed by atoms with Crippen molar-refractivity contribution >= 4 is 56.2 Å². The lowest BCUT2D eigenvalue weighted by Gasteiger charge is -2.26. The van der Waals surface area contributed by atoms with E-state index in [1.165, 1.54) is 0 Å². The van der Waals surface area contributed by atoms with Gasteiger partial charge in [-0.05, 0) is 131 Å². The largest absolute Gasteiger partial charge is 0.310 e. The molecule has 0 atom stereocenters. The Morgan fingerprint density at radius 1 is 0.242 bits per heavy atom. The molecule has 2 aromatic heterocycles. The zero-order chi connectivity index (χ0) is 41.2. The average Bonchev–Trinajstić information content (AvgIpc) is 3.99. The molecule has 0 fully saturated rings. The van der Waals surface area contributed by atoms with Crippen LogP contribution >= 0.6 is 0 Å². The number of rotatable bonds is 10. The molecule has 0 aliphatic rings. The van der Waals surface area contributed by atoms with E-state index < -0.39 is 0 Å². The second-order valence-corrected chi connectivity index (χ2v) is 15.0. The number of aromatic nitrogens is 6. The maximum Gasteiger partial charge on any atom is 0.113 e. The lowest BCUT2D eigenvalue weighted by molar-refractivity contribution is 0.765. The Labute approximate surface area is 358 Å². The maximum atomic E-state index is 4.73. The fourth-order valence-electron chi connectivity index (χ4n) is 7.97. The highest BCUT2D eigenvalue weighted by molar-refractivity contribution is 5.82. The first kappa shape index (κ1) is 36.5.